The number of hydrogen-bond acceptors (Lipinski definition) is 2. The molecule has 0 saturated heterocycles. The highest BCUT2D eigenvalue weighted by Crippen LogP contribution is 2.00. The van der Waals surface area contributed by atoms with Crippen LogP contribution in [0.1, 0.15) is 17.5 Å². The highest BCUT2D eigenvalue weighted by molar-refractivity contribution is 5.79. The molecule has 0 bridgehead atoms. The first kappa shape index (κ1) is 9.47. The Hall–Kier alpha value is -1.62. The van der Waals surface area contributed by atoms with Crippen LogP contribution in [0.4, 0.5) is 0 Å². The lowest BCUT2D eigenvalue weighted by molar-refractivity contribution is 1.02. The summed E-state index contributed by atoms with van der Waals surface area (Å²) in [5.41, 5.74) is 2.32. The van der Waals surface area contributed by atoms with Crippen LogP contribution in [0.15, 0.2) is 29.3 Å². The summed E-state index contributed by atoms with van der Waals surface area (Å²) >= 11 is 0. The summed E-state index contributed by atoms with van der Waals surface area (Å²) < 4.78 is 0. The molecule has 0 N–H and O–H groups in total. The van der Waals surface area contributed by atoms with Crippen LogP contribution in [0.5, 0.6) is 0 Å². The molecule has 0 aliphatic rings. The van der Waals surface area contributed by atoms with E-state index >= 15 is 0 Å². The fraction of sp³-hybridized carbons (Fsp3) is 0.273. The first-order chi connectivity index (χ1) is 6.33. The molecule has 2 nitrogen and oxygen atoms in total. The summed E-state index contributed by atoms with van der Waals surface area (Å²) in [6.45, 7) is 2.64. The fourth-order valence-electron chi connectivity index (χ4n) is 1.03. The van der Waals surface area contributed by atoms with Gasteiger partial charge < -0.3 is 0 Å². The number of nitrogens with zero attached hydrogens (tertiary/aromatic N) is 2. The van der Waals surface area contributed by atoms with Crippen molar-refractivity contribution in [3.63, 3.8) is 0 Å². The second kappa shape index (κ2) is 5.10. The molecule has 13 heavy (non-hydrogen) atoms. The van der Waals surface area contributed by atoms with Gasteiger partial charge in [0.25, 0.3) is 0 Å². The van der Waals surface area contributed by atoms with Crippen LogP contribution < -0.4 is 0 Å². The summed E-state index contributed by atoms with van der Waals surface area (Å²) in [4.78, 5) is 4.12. The zero-order valence-electron chi connectivity index (χ0n) is 7.70. The van der Waals surface area contributed by atoms with Crippen molar-refractivity contribution in [2.75, 3.05) is 6.54 Å². The van der Waals surface area contributed by atoms with Gasteiger partial charge >= 0.3 is 0 Å². The lowest BCUT2D eigenvalue weighted by Gasteiger charge is -1.93. The van der Waals surface area contributed by atoms with E-state index in [2.05, 4.69) is 17.1 Å². The van der Waals surface area contributed by atoms with Crippen molar-refractivity contribution < 1.29 is 0 Å². The average molecular weight is 172 g/mol. The Bertz CT molecular complexity index is 334. The Labute approximate surface area is 78.5 Å². The molecule has 66 valence electrons. The molecule has 2 heteroatoms. The van der Waals surface area contributed by atoms with Crippen LogP contribution in [0.3, 0.4) is 0 Å². The normalized spacial score (nSPS) is 10.2. The Kier molecular flexibility index (Phi) is 3.72. The first-order valence-corrected chi connectivity index (χ1v) is 4.26. The Morgan fingerprint density at radius 1 is 1.54 bits per heavy atom. The monoisotopic (exact) mass is 172 g/mol. The summed E-state index contributed by atoms with van der Waals surface area (Å²) in [5.74, 6) is 0. The van der Waals surface area contributed by atoms with Gasteiger partial charge in [-0.05, 0) is 12.5 Å². The molecule has 1 aromatic rings. The molecule has 0 saturated carbocycles. The SMILES string of the molecule is Cc1cccc(/C=N/CCC#N)c1. The number of hydrogen-bond donors (Lipinski definition) is 0. The van der Waals surface area contributed by atoms with Crippen LogP contribution in [0, 0.1) is 18.3 Å². The molecule has 0 atom stereocenters. The van der Waals surface area contributed by atoms with Gasteiger partial charge in [-0.25, -0.2) is 0 Å². The average Bonchev–Trinajstić information content (AvgIpc) is 2.13. The van der Waals surface area contributed by atoms with Crippen molar-refractivity contribution in [3.8, 4) is 6.07 Å². The topological polar surface area (TPSA) is 36.1 Å². The zero-order valence-corrected chi connectivity index (χ0v) is 7.70. The van der Waals surface area contributed by atoms with E-state index in [0.717, 1.165) is 5.56 Å². The maximum absolute atomic E-state index is 8.28. The Morgan fingerprint density at radius 2 is 2.38 bits per heavy atom. The minimum Gasteiger partial charge on any atom is -0.291 e. The molecule has 0 amide bonds. The minimum absolute atomic E-state index is 0.488. The lowest BCUT2D eigenvalue weighted by Crippen LogP contribution is -1.84. The summed E-state index contributed by atoms with van der Waals surface area (Å²) in [7, 11) is 0. The predicted molar refractivity (Wildman–Crippen MR) is 53.9 cm³/mol. The third kappa shape index (κ3) is 3.53. The van der Waals surface area contributed by atoms with Gasteiger partial charge in [-0.2, -0.15) is 5.26 Å². The molecule has 0 aliphatic carbocycles. The number of nitriles is 1. The third-order valence-electron chi connectivity index (χ3n) is 1.64. The second-order valence-electron chi connectivity index (χ2n) is 2.86. The van der Waals surface area contributed by atoms with Crippen molar-refractivity contribution in [2.45, 2.75) is 13.3 Å². The molecule has 0 heterocycles. The largest absolute Gasteiger partial charge is 0.291 e. The van der Waals surface area contributed by atoms with Gasteiger partial charge in [0.1, 0.15) is 0 Å². The van der Waals surface area contributed by atoms with Crippen molar-refractivity contribution in [1.29, 1.82) is 5.26 Å². The van der Waals surface area contributed by atoms with E-state index in [1.54, 1.807) is 0 Å². The number of aryl methyl sites for hydroxylation is 1. The molecule has 0 fully saturated rings. The van der Waals surface area contributed by atoms with E-state index in [4.69, 9.17) is 5.26 Å². The van der Waals surface area contributed by atoms with Crippen LogP contribution in [-0.4, -0.2) is 12.8 Å². The van der Waals surface area contributed by atoms with E-state index in [9.17, 15) is 0 Å². The second-order valence-corrected chi connectivity index (χ2v) is 2.86. The van der Waals surface area contributed by atoms with Crippen molar-refractivity contribution in [2.24, 2.45) is 4.99 Å². The van der Waals surface area contributed by atoms with E-state index in [0.29, 0.717) is 13.0 Å². The van der Waals surface area contributed by atoms with Crippen molar-refractivity contribution in [3.05, 3.63) is 35.4 Å². The van der Waals surface area contributed by atoms with Crippen molar-refractivity contribution in [1.82, 2.24) is 0 Å². The van der Waals surface area contributed by atoms with Crippen LogP contribution in [0.25, 0.3) is 0 Å². The van der Waals surface area contributed by atoms with Crippen LogP contribution >= 0.6 is 0 Å². The standard InChI is InChI=1S/C11H12N2/c1-10-4-2-5-11(8-10)9-13-7-3-6-12/h2,4-5,8-9H,3,7H2,1H3/b13-9+. The van der Waals surface area contributed by atoms with Gasteiger partial charge in [0, 0.05) is 6.21 Å². The molecule has 0 unspecified atom stereocenters. The smallest absolute Gasteiger partial charge is 0.0641 e. The summed E-state index contributed by atoms with van der Waals surface area (Å²) in [6, 6.07) is 10.2. The van der Waals surface area contributed by atoms with Gasteiger partial charge in [-0.15, -0.1) is 0 Å². The fourth-order valence-corrected chi connectivity index (χ4v) is 1.03. The van der Waals surface area contributed by atoms with E-state index in [1.807, 2.05) is 31.3 Å². The molecule has 0 radical (unpaired) electrons. The number of benzene rings is 1. The highest BCUT2D eigenvalue weighted by atomic mass is 14.7. The van der Waals surface area contributed by atoms with E-state index in [1.165, 1.54) is 5.56 Å². The van der Waals surface area contributed by atoms with Gasteiger partial charge in [-0.3, -0.25) is 4.99 Å². The molecule has 0 aromatic heterocycles. The van der Waals surface area contributed by atoms with Crippen LogP contribution in [-0.2, 0) is 0 Å². The molecular formula is C11H12N2. The maximum atomic E-state index is 8.28. The number of rotatable bonds is 3. The van der Waals surface area contributed by atoms with Crippen LogP contribution in [0.2, 0.25) is 0 Å². The third-order valence-corrected chi connectivity index (χ3v) is 1.64. The van der Waals surface area contributed by atoms with Gasteiger partial charge in [-0.1, -0.05) is 29.8 Å². The lowest BCUT2D eigenvalue weighted by atomic mass is 10.2. The molecular weight excluding hydrogens is 160 g/mol. The van der Waals surface area contributed by atoms with E-state index < -0.39 is 0 Å². The summed E-state index contributed by atoms with van der Waals surface area (Å²) in [6.07, 6.45) is 2.30. The first-order valence-electron chi connectivity index (χ1n) is 4.26. The minimum atomic E-state index is 0.488. The Balaban J connectivity index is 2.54. The highest BCUT2D eigenvalue weighted by Gasteiger charge is 1.87. The zero-order chi connectivity index (χ0) is 9.52. The maximum Gasteiger partial charge on any atom is 0.0641 e. The van der Waals surface area contributed by atoms with Crippen molar-refractivity contribution >= 4 is 6.21 Å². The van der Waals surface area contributed by atoms with Gasteiger partial charge in [0.2, 0.25) is 0 Å². The Morgan fingerprint density at radius 3 is 3.08 bits per heavy atom. The summed E-state index contributed by atoms with van der Waals surface area (Å²) in [5, 5.41) is 8.28. The molecule has 0 spiro atoms. The van der Waals surface area contributed by atoms with Gasteiger partial charge in [0.05, 0.1) is 19.0 Å². The van der Waals surface area contributed by atoms with Gasteiger partial charge in [0.15, 0.2) is 0 Å². The predicted octanol–water partition coefficient (Wildman–Crippen LogP) is 2.33. The molecule has 1 aromatic carbocycles. The number of aliphatic imine (C=N–C) groups is 1. The molecule has 1 rings (SSSR count). The quantitative estimate of drug-likeness (QED) is 0.509. The molecule has 0 aliphatic heterocycles. The van der Waals surface area contributed by atoms with E-state index in [-0.39, 0.29) is 0 Å².